The topological polar surface area (TPSA) is 78.9 Å². The molecule has 0 fully saturated rings. The van der Waals surface area contributed by atoms with Gasteiger partial charge in [0.2, 0.25) is 0 Å². The molecule has 0 aliphatic heterocycles. The highest BCUT2D eigenvalue weighted by Gasteiger charge is 2.19. The van der Waals surface area contributed by atoms with Crippen LogP contribution < -0.4 is 0 Å². The molecule has 0 aromatic heterocycles. The molecule has 6 heteroatoms. The normalized spacial score (nSPS) is 12.7. The molecule has 0 saturated carbocycles. The van der Waals surface area contributed by atoms with Crippen molar-refractivity contribution < 1.29 is 28.6 Å². The van der Waals surface area contributed by atoms with Crippen molar-refractivity contribution in [3.05, 3.63) is 72.9 Å². The monoisotopic (exact) mass is 809 g/mol. The molecule has 332 valence electrons. The molecule has 0 heterocycles. The second kappa shape index (κ2) is 46.5. The van der Waals surface area contributed by atoms with Gasteiger partial charge in [0.25, 0.3) is 0 Å². The molecular formula is C52H88O6. The second-order valence-electron chi connectivity index (χ2n) is 15.6. The number of unbranched alkanes of at least 4 members (excludes halogenated alkanes) is 19. The third-order valence-corrected chi connectivity index (χ3v) is 9.95. The highest BCUT2D eigenvalue weighted by molar-refractivity contribution is 5.71. The fourth-order valence-corrected chi connectivity index (χ4v) is 6.36. The van der Waals surface area contributed by atoms with Gasteiger partial charge in [-0.2, -0.15) is 0 Å². The zero-order valence-corrected chi connectivity index (χ0v) is 37.8. The quantitative estimate of drug-likeness (QED) is 0.0264. The lowest BCUT2D eigenvalue weighted by molar-refractivity contribution is -0.167. The van der Waals surface area contributed by atoms with Crippen molar-refractivity contribution >= 4 is 17.9 Å². The van der Waals surface area contributed by atoms with Crippen LogP contribution in [0.1, 0.15) is 220 Å². The summed E-state index contributed by atoms with van der Waals surface area (Å²) in [5.41, 5.74) is 0. The molecule has 0 aromatic rings. The Balaban J connectivity index is 4.49. The molecule has 1 atom stereocenters. The zero-order valence-electron chi connectivity index (χ0n) is 37.8. The van der Waals surface area contributed by atoms with E-state index in [4.69, 9.17) is 14.2 Å². The number of hydrogen-bond acceptors (Lipinski definition) is 6. The summed E-state index contributed by atoms with van der Waals surface area (Å²) in [6.45, 7) is 6.40. The number of ether oxygens (including phenoxy) is 3. The van der Waals surface area contributed by atoms with Crippen molar-refractivity contribution in [1.82, 2.24) is 0 Å². The molecule has 0 aliphatic rings. The molecule has 0 saturated heterocycles. The SMILES string of the molecule is CC/C=C\C/C=C\C/C=C\CCCC(=O)OCC(COC(=O)CCC/C=C\C/C=C\C/C=C\CCCCCCCC)OC(=O)CCCCCCCCCCCCCC. The number of esters is 3. The van der Waals surface area contributed by atoms with Crippen LogP contribution in [0.3, 0.4) is 0 Å². The summed E-state index contributed by atoms with van der Waals surface area (Å²) in [5.74, 6) is -1.02. The van der Waals surface area contributed by atoms with Gasteiger partial charge in [0.1, 0.15) is 13.2 Å². The fourth-order valence-electron chi connectivity index (χ4n) is 6.36. The van der Waals surface area contributed by atoms with Gasteiger partial charge < -0.3 is 14.2 Å². The molecule has 0 amide bonds. The van der Waals surface area contributed by atoms with Crippen molar-refractivity contribution in [3.8, 4) is 0 Å². The lowest BCUT2D eigenvalue weighted by atomic mass is 10.0. The Labute approximate surface area is 357 Å². The van der Waals surface area contributed by atoms with Crippen LogP contribution in [0.25, 0.3) is 0 Å². The average Bonchev–Trinajstić information content (AvgIpc) is 3.22. The molecule has 0 radical (unpaired) electrons. The lowest BCUT2D eigenvalue weighted by Gasteiger charge is -2.18. The first-order valence-electron chi connectivity index (χ1n) is 23.9. The first-order valence-corrected chi connectivity index (χ1v) is 23.9. The van der Waals surface area contributed by atoms with Crippen LogP contribution in [-0.4, -0.2) is 37.2 Å². The first kappa shape index (κ1) is 54.9. The number of carbonyl (C=O) groups excluding carboxylic acids is 3. The fraction of sp³-hybridized carbons (Fsp3) is 0.712. The highest BCUT2D eigenvalue weighted by atomic mass is 16.6. The number of hydrogen-bond donors (Lipinski definition) is 0. The van der Waals surface area contributed by atoms with E-state index in [1.165, 1.54) is 103 Å². The van der Waals surface area contributed by atoms with Crippen molar-refractivity contribution in [3.63, 3.8) is 0 Å². The van der Waals surface area contributed by atoms with E-state index < -0.39 is 6.10 Å². The van der Waals surface area contributed by atoms with Gasteiger partial charge in [-0.15, -0.1) is 0 Å². The van der Waals surface area contributed by atoms with Crippen LogP contribution in [0.2, 0.25) is 0 Å². The molecule has 58 heavy (non-hydrogen) atoms. The molecule has 1 unspecified atom stereocenters. The molecule has 0 aliphatic carbocycles. The molecule has 6 nitrogen and oxygen atoms in total. The molecule has 0 bridgehead atoms. The summed E-state index contributed by atoms with van der Waals surface area (Å²) in [4.78, 5) is 37.7. The third kappa shape index (κ3) is 44.0. The van der Waals surface area contributed by atoms with Gasteiger partial charge in [-0.1, -0.05) is 196 Å². The van der Waals surface area contributed by atoms with E-state index in [-0.39, 0.29) is 44.0 Å². The Morgan fingerprint density at radius 2 is 0.690 bits per heavy atom. The van der Waals surface area contributed by atoms with Gasteiger partial charge >= 0.3 is 17.9 Å². The van der Waals surface area contributed by atoms with E-state index in [0.29, 0.717) is 19.3 Å². The maximum atomic E-state index is 12.7. The van der Waals surface area contributed by atoms with E-state index in [1.54, 1.807) is 0 Å². The minimum atomic E-state index is -0.811. The zero-order chi connectivity index (χ0) is 42.3. The summed E-state index contributed by atoms with van der Waals surface area (Å²) in [7, 11) is 0. The summed E-state index contributed by atoms with van der Waals surface area (Å²) in [6.07, 6.45) is 57.6. The minimum absolute atomic E-state index is 0.116. The predicted molar refractivity (Wildman–Crippen MR) is 247 cm³/mol. The van der Waals surface area contributed by atoms with Crippen molar-refractivity contribution in [2.75, 3.05) is 13.2 Å². The Kier molecular flexibility index (Phi) is 44.0. The van der Waals surface area contributed by atoms with E-state index in [2.05, 4.69) is 93.7 Å². The van der Waals surface area contributed by atoms with E-state index in [1.807, 2.05) is 0 Å². The van der Waals surface area contributed by atoms with Crippen LogP contribution in [-0.2, 0) is 28.6 Å². The van der Waals surface area contributed by atoms with E-state index in [9.17, 15) is 14.4 Å². The third-order valence-electron chi connectivity index (χ3n) is 9.95. The first-order chi connectivity index (χ1) is 28.5. The summed E-state index contributed by atoms with van der Waals surface area (Å²) < 4.78 is 16.6. The van der Waals surface area contributed by atoms with Crippen molar-refractivity contribution in [2.45, 2.75) is 226 Å². The van der Waals surface area contributed by atoms with E-state index >= 15 is 0 Å². The largest absolute Gasteiger partial charge is 0.462 e. The Morgan fingerprint density at radius 3 is 1.10 bits per heavy atom. The predicted octanol–water partition coefficient (Wildman–Crippen LogP) is 15.5. The van der Waals surface area contributed by atoms with Gasteiger partial charge in [0.05, 0.1) is 0 Å². The molecule has 0 aromatic carbocycles. The summed E-state index contributed by atoms with van der Waals surface area (Å²) >= 11 is 0. The molecular weight excluding hydrogens is 721 g/mol. The molecule has 0 rings (SSSR count). The number of allylic oxidation sites excluding steroid dienone is 12. The minimum Gasteiger partial charge on any atom is -0.462 e. The highest BCUT2D eigenvalue weighted by Crippen LogP contribution is 2.14. The van der Waals surface area contributed by atoms with Crippen molar-refractivity contribution in [2.24, 2.45) is 0 Å². The summed E-state index contributed by atoms with van der Waals surface area (Å²) in [6, 6.07) is 0. The van der Waals surface area contributed by atoms with E-state index in [0.717, 1.165) is 64.2 Å². The van der Waals surface area contributed by atoms with Crippen LogP contribution in [0.15, 0.2) is 72.9 Å². The Bertz CT molecular complexity index is 1110. The van der Waals surface area contributed by atoms with Gasteiger partial charge in [-0.05, 0) is 77.0 Å². The van der Waals surface area contributed by atoms with Gasteiger partial charge in [-0.25, -0.2) is 0 Å². The molecule has 0 spiro atoms. The average molecular weight is 809 g/mol. The maximum Gasteiger partial charge on any atom is 0.306 e. The Hall–Kier alpha value is -3.15. The van der Waals surface area contributed by atoms with Gasteiger partial charge in [0.15, 0.2) is 6.10 Å². The van der Waals surface area contributed by atoms with Gasteiger partial charge in [0, 0.05) is 19.3 Å². The van der Waals surface area contributed by atoms with Crippen LogP contribution in [0.5, 0.6) is 0 Å². The van der Waals surface area contributed by atoms with Crippen LogP contribution >= 0.6 is 0 Å². The van der Waals surface area contributed by atoms with Crippen molar-refractivity contribution in [1.29, 1.82) is 0 Å². The second-order valence-corrected chi connectivity index (χ2v) is 15.6. The summed E-state index contributed by atoms with van der Waals surface area (Å²) in [5, 5.41) is 0. The molecule has 0 N–H and O–H groups in total. The maximum absolute atomic E-state index is 12.7. The van der Waals surface area contributed by atoms with Crippen LogP contribution in [0, 0.1) is 0 Å². The number of rotatable bonds is 42. The smallest absolute Gasteiger partial charge is 0.306 e. The van der Waals surface area contributed by atoms with Crippen LogP contribution in [0.4, 0.5) is 0 Å². The lowest BCUT2D eigenvalue weighted by Crippen LogP contribution is -2.30. The van der Waals surface area contributed by atoms with Gasteiger partial charge in [-0.3, -0.25) is 14.4 Å². The standard InChI is InChI=1S/C52H88O6/c1-4-7-10-13-16-19-22-24-25-26-27-28-31-33-36-39-42-45-51(54)57-48-49(47-56-50(53)44-41-38-35-32-29-21-18-15-12-9-6-3)58-52(55)46-43-40-37-34-30-23-20-17-14-11-8-5-2/h9,12,18,21,24-25,27-28,32-33,35-36,49H,4-8,10-11,13-17,19-20,22-23,26,29-31,34,37-48H2,1-3H3/b12-9-,21-18-,25-24-,28-27-,35-32-,36-33-. The Morgan fingerprint density at radius 1 is 0.362 bits per heavy atom. The number of carbonyl (C=O) groups is 3.